The van der Waals surface area contributed by atoms with E-state index in [1.54, 1.807) is 6.07 Å². The molecule has 5 nitrogen and oxygen atoms in total. The van der Waals surface area contributed by atoms with Crippen LogP contribution in [0, 0.1) is 0 Å². The monoisotopic (exact) mass is 322 g/mol. The van der Waals surface area contributed by atoms with Gasteiger partial charge in [-0.25, -0.2) is 4.98 Å². The van der Waals surface area contributed by atoms with Gasteiger partial charge >= 0.3 is 15.6 Å². The van der Waals surface area contributed by atoms with Crippen LogP contribution in [0.4, 0.5) is 13.2 Å². The zero-order valence-electron chi connectivity index (χ0n) is 10.8. The second kappa shape index (κ2) is 4.84. The Morgan fingerprint density at radius 1 is 1.29 bits per heavy atom. The first-order valence-corrected chi connectivity index (χ1v) is 7.90. The molecule has 21 heavy (non-hydrogen) atoms. The molecule has 0 spiro atoms. The van der Waals surface area contributed by atoms with Crippen LogP contribution in [0.3, 0.4) is 0 Å². The fourth-order valence-corrected chi connectivity index (χ4v) is 3.43. The molecule has 2 aliphatic rings. The summed E-state index contributed by atoms with van der Waals surface area (Å²) in [6.07, 6.45) is 4.55. The summed E-state index contributed by atoms with van der Waals surface area (Å²) in [7, 11) is -5.67. The number of halogens is 3. The maximum Gasteiger partial charge on any atom is 0.534 e. The number of hydrogen-bond donors (Lipinski definition) is 1. The van der Waals surface area contributed by atoms with E-state index in [2.05, 4.69) is 14.5 Å². The van der Waals surface area contributed by atoms with Gasteiger partial charge in [0, 0.05) is 30.3 Å². The molecule has 3 heterocycles. The van der Waals surface area contributed by atoms with E-state index in [1.807, 2.05) is 0 Å². The molecule has 2 aliphatic heterocycles. The van der Waals surface area contributed by atoms with Gasteiger partial charge in [0.15, 0.2) is 0 Å². The molecule has 3 atom stereocenters. The van der Waals surface area contributed by atoms with E-state index in [1.165, 1.54) is 6.20 Å². The predicted molar refractivity (Wildman–Crippen MR) is 67.1 cm³/mol. The lowest BCUT2D eigenvalue weighted by Gasteiger charge is -2.20. The molecule has 2 fully saturated rings. The van der Waals surface area contributed by atoms with Gasteiger partial charge in [0.05, 0.1) is 0 Å². The molecule has 1 N–H and O–H groups in total. The number of hydrogen-bond acceptors (Lipinski definition) is 5. The van der Waals surface area contributed by atoms with Crippen LogP contribution in [0.5, 0.6) is 5.88 Å². The molecule has 0 aromatic carbocycles. The highest BCUT2D eigenvalue weighted by Crippen LogP contribution is 2.40. The fourth-order valence-electron chi connectivity index (χ4n) is 3.01. The number of nitrogens with one attached hydrogen (secondary N) is 1. The first kappa shape index (κ1) is 14.6. The van der Waals surface area contributed by atoms with Crippen molar-refractivity contribution in [3.8, 4) is 5.88 Å². The number of rotatable bonds is 3. The van der Waals surface area contributed by atoms with E-state index < -0.39 is 21.5 Å². The van der Waals surface area contributed by atoms with Crippen LogP contribution >= 0.6 is 0 Å². The van der Waals surface area contributed by atoms with Crippen molar-refractivity contribution in [3.63, 3.8) is 0 Å². The lowest BCUT2D eigenvalue weighted by atomic mass is 9.85. The second-order valence-electron chi connectivity index (χ2n) is 5.30. The van der Waals surface area contributed by atoms with Crippen LogP contribution in [0.2, 0.25) is 0 Å². The molecule has 0 radical (unpaired) electrons. The third kappa shape index (κ3) is 2.71. The number of nitrogens with zero attached hydrogens (tertiary/aromatic N) is 1. The van der Waals surface area contributed by atoms with Crippen LogP contribution in [0.25, 0.3) is 0 Å². The van der Waals surface area contributed by atoms with E-state index in [4.69, 9.17) is 0 Å². The Morgan fingerprint density at radius 3 is 2.52 bits per heavy atom. The van der Waals surface area contributed by atoms with Crippen molar-refractivity contribution in [2.24, 2.45) is 0 Å². The van der Waals surface area contributed by atoms with E-state index in [9.17, 15) is 21.6 Å². The third-order valence-electron chi connectivity index (χ3n) is 3.97. The van der Waals surface area contributed by atoms with E-state index in [0.29, 0.717) is 12.1 Å². The number of fused-ring (bicyclic) bond motifs is 2. The van der Waals surface area contributed by atoms with Crippen molar-refractivity contribution in [1.82, 2.24) is 10.3 Å². The molecule has 2 saturated heterocycles. The smallest absolute Gasteiger partial charge is 0.355 e. The van der Waals surface area contributed by atoms with Gasteiger partial charge in [0.2, 0.25) is 5.88 Å². The number of pyridine rings is 1. The van der Waals surface area contributed by atoms with Gasteiger partial charge in [-0.2, -0.15) is 21.6 Å². The fraction of sp³-hybridized carbons (Fsp3) is 0.583. The number of alkyl halides is 3. The van der Waals surface area contributed by atoms with Crippen molar-refractivity contribution in [2.45, 2.75) is 42.8 Å². The topological polar surface area (TPSA) is 68.3 Å². The largest absolute Gasteiger partial charge is 0.534 e. The summed E-state index contributed by atoms with van der Waals surface area (Å²) in [5.74, 6) is -0.309. The van der Waals surface area contributed by atoms with Crippen molar-refractivity contribution < 1.29 is 25.8 Å². The first-order valence-electron chi connectivity index (χ1n) is 6.49. The van der Waals surface area contributed by atoms with Gasteiger partial charge in [-0.3, -0.25) is 0 Å². The molecular weight excluding hydrogens is 309 g/mol. The van der Waals surface area contributed by atoms with Crippen molar-refractivity contribution in [3.05, 3.63) is 23.9 Å². The molecular formula is C12H13F3N2O3S. The van der Waals surface area contributed by atoms with E-state index in [0.717, 1.165) is 30.9 Å². The highest BCUT2D eigenvalue weighted by atomic mass is 32.2. The molecule has 1 aromatic rings. The first-order chi connectivity index (χ1) is 9.76. The van der Waals surface area contributed by atoms with Crippen molar-refractivity contribution in [2.75, 3.05) is 0 Å². The SMILES string of the molecule is O=S(=O)(Oc1ccc([C@H]2C[C@@H]3CC[C@H]2N3)cn1)C(F)(F)F. The summed E-state index contributed by atoms with van der Waals surface area (Å²) in [5, 5.41) is 3.45. The summed E-state index contributed by atoms with van der Waals surface area (Å²) in [6, 6.07) is 3.58. The second-order valence-corrected chi connectivity index (χ2v) is 6.84. The van der Waals surface area contributed by atoms with Gasteiger partial charge < -0.3 is 9.50 Å². The Morgan fingerprint density at radius 2 is 2.05 bits per heavy atom. The van der Waals surface area contributed by atoms with Gasteiger partial charge in [0.1, 0.15) is 0 Å². The predicted octanol–water partition coefficient (Wildman–Crippen LogP) is 1.92. The molecule has 0 saturated carbocycles. The van der Waals surface area contributed by atoms with Crippen LogP contribution in [0.1, 0.15) is 30.7 Å². The highest BCUT2D eigenvalue weighted by molar-refractivity contribution is 7.87. The van der Waals surface area contributed by atoms with Crippen molar-refractivity contribution >= 4 is 10.1 Å². The summed E-state index contributed by atoms with van der Waals surface area (Å²) in [4.78, 5) is 3.68. The quantitative estimate of drug-likeness (QED) is 0.680. The van der Waals surface area contributed by atoms with E-state index in [-0.39, 0.29) is 5.92 Å². The van der Waals surface area contributed by atoms with Crippen LogP contribution in [-0.2, 0) is 10.1 Å². The number of aromatic nitrogens is 1. The summed E-state index contributed by atoms with van der Waals surface area (Å²) >= 11 is 0. The zero-order valence-corrected chi connectivity index (χ0v) is 11.6. The Bertz CT molecular complexity index is 630. The molecule has 3 rings (SSSR count). The summed E-state index contributed by atoms with van der Waals surface area (Å²) in [6.45, 7) is 0. The van der Waals surface area contributed by atoms with Gasteiger partial charge in [-0.05, 0) is 24.8 Å². The standard InChI is InChI=1S/C12H13F3N2O3S/c13-12(14,15)21(18,19)20-11-4-1-7(6-16-11)9-5-8-2-3-10(9)17-8/h1,4,6,8-10,17H,2-3,5H2/t8-,9+,10+/m0/s1. The average molecular weight is 322 g/mol. The zero-order chi connectivity index (χ0) is 15.3. The molecule has 9 heteroatoms. The molecule has 1 aromatic heterocycles. The maximum atomic E-state index is 12.2. The lowest BCUT2D eigenvalue weighted by Crippen LogP contribution is -2.28. The van der Waals surface area contributed by atoms with Crippen LogP contribution < -0.4 is 9.50 Å². The lowest BCUT2D eigenvalue weighted by molar-refractivity contribution is -0.0501. The minimum atomic E-state index is -5.67. The Balaban J connectivity index is 1.73. The Kier molecular flexibility index (Phi) is 3.36. The Labute approximate surface area is 119 Å². The maximum absolute atomic E-state index is 12.2. The van der Waals surface area contributed by atoms with Gasteiger partial charge in [0.25, 0.3) is 0 Å². The summed E-state index contributed by atoms with van der Waals surface area (Å²) in [5.41, 5.74) is -4.58. The van der Waals surface area contributed by atoms with Crippen LogP contribution in [-0.4, -0.2) is 31.0 Å². The minimum absolute atomic E-state index is 0.268. The molecule has 0 amide bonds. The minimum Gasteiger partial charge on any atom is -0.355 e. The highest BCUT2D eigenvalue weighted by Gasteiger charge is 2.49. The van der Waals surface area contributed by atoms with E-state index >= 15 is 0 Å². The normalized spacial score (nSPS) is 28.8. The van der Waals surface area contributed by atoms with Crippen LogP contribution in [0.15, 0.2) is 18.3 Å². The molecule has 2 bridgehead atoms. The Hall–Kier alpha value is -1.35. The van der Waals surface area contributed by atoms with Gasteiger partial charge in [-0.15, -0.1) is 0 Å². The molecule has 0 aliphatic carbocycles. The van der Waals surface area contributed by atoms with Crippen molar-refractivity contribution in [1.29, 1.82) is 0 Å². The molecule has 0 unspecified atom stereocenters. The third-order valence-corrected chi connectivity index (χ3v) is 4.92. The molecule has 116 valence electrons. The summed E-state index contributed by atoms with van der Waals surface area (Å²) < 4.78 is 62.3. The van der Waals surface area contributed by atoms with Gasteiger partial charge in [-0.1, -0.05) is 6.07 Å². The average Bonchev–Trinajstić information content (AvgIpc) is 3.00.